The minimum atomic E-state index is -4.46. The van der Waals surface area contributed by atoms with E-state index in [-0.39, 0.29) is 5.56 Å². The lowest BCUT2D eigenvalue weighted by Gasteiger charge is -2.13. The van der Waals surface area contributed by atoms with Gasteiger partial charge in [0.05, 0.1) is 15.5 Å². The molecule has 0 atom stereocenters. The average Bonchev–Trinajstić information content (AvgIpc) is 2.50. The summed E-state index contributed by atoms with van der Waals surface area (Å²) in [4.78, 5) is 9.64. The zero-order chi connectivity index (χ0) is 18.2. The molecule has 6 nitrogen and oxygen atoms in total. The highest BCUT2D eigenvalue weighted by Crippen LogP contribution is 2.28. The molecule has 0 spiro atoms. The molecule has 0 bridgehead atoms. The van der Waals surface area contributed by atoms with Crippen molar-refractivity contribution in [3.63, 3.8) is 0 Å². The molecule has 24 heavy (non-hydrogen) atoms. The van der Waals surface area contributed by atoms with Crippen molar-refractivity contribution >= 4 is 21.4 Å². The molecule has 0 amide bonds. The molecule has 1 N–H and O–H groups in total. The van der Waals surface area contributed by atoms with Crippen LogP contribution in [-0.4, -0.2) is 13.3 Å². The van der Waals surface area contributed by atoms with Crippen LogP contribution in [0.4, 0.5) is 24.5 Å². The molecule has 0 saturated carbocycles. The number of nitrogens with zero attached hydrogens (tertiary/aromatic N) is 1. The summed E-state index contributed by atoms with van der Waals surface area (Å²) in [6, 6.07) is 3.27. The molecule has 0 unspecified atom stereocenters. The van der Waals surface area contributed by atoms with E-state index in [0.29, 0.717) is 17.7 Å². The van der Waals surface area contributed by atoms with E-state index in [1.165, 1.54) is 19.9 Å². The molecule has 2 aromatic carbocycles. The van der Waals surface area contributed by atoms with Crippen molar-refractivity contribution < 1.29 is 26.5 Å². The Labute approximate surface area is 135 Å². The molecule has 0 aliphatic heterocycles. The summed E-state index contributed by atoms with van der Waals surface area (Å²) in [7, 11) is -4.46. The normalized spacial score (nSPS) is 11.4. The predicted molar refractivity (Wildman–Crippen MR) is 79.7 cm³/mol. The van der Waals surface area contributed by atoms with Gasteiger partial charge >= 0.3 is 0 Å². The first-order valence-corrected chi connectivity index (χ1v) is 7.95. The van der Waals surface area contributed by atoms with E-state index in [4.69, 9.17) is 0 Å². The fourth-order valence-corrected chi connectivity index (χ4v) is 3.39. The summed E-state index contributed by atoms with van der Waals surface area (Å²) in [6.45, 7) is 2.88. The fraction of sp³-hybridized carbons (Fsp3) is 0.143. The summed E-state index contributed by atoms with van der Waals surface area (Å²) in [5, 5.41) is 10.9. The maximum Gasteiger partial charge on any atom is 0.271 e. The predicted octanol–water partition coefficient (Wildman–Crippen LogP) is 3.43. The van der Waals surface area contributed by atoms with Crippen molar-refractivity contribution in [2.75, 3.05) is 4.72 Å². The lowest BCUT2D eigenvalue weighted by atomic mass is 10.1. The van der Waals surface area contributed by atoms with Crippen LogP contribution in [0.5, 0.6) is 0 Å². The first kappa shape index (κ1) is 17.7. The highest BCUT2D eigenvalue weighted by molar-refractivity contribution is 7.92. The Morgan fingerprint density at radius 3 is 2.29 bits per heavy atom. The molecule has 0 aromatic heterocycles. The Hall–Kier alpha value is -2.62. The van der Waals surface area contributed by atoms with Crippen LogP contribution >= 0.6 is 0 Å². The van der Waals surface area contributed by atoms with Crippen LogP contribution in [0.25, 0.3) is 0 Å². The van der Waals surface area contributed by atoms with Gasteiger partial charge < -0.3 is 0 Å². The van der Waals surface area contributed by atoms with E-state index in [0.717, 1.165) is 6.07 Å². The first-order chi connectivity index (χ1) is 11.0. The number of aryl methyl sites for hydroxylation is 1. The molecular formula is C14H11F3N2O4S. The Balaban J connectivity index is 2.56. The monoisotopic (exact) mass is 360 g/mol. The molecule has 0 heterocycles. The van der Waals surface area contributed by atoms with Crippen molar-refractivity contribution in [1.82, 2.24) is 0 Å². The van der Waals surface area contributed by atoms with Crippen molar-refractivity contribution in [1.29, 1.82) is 0 Å². The van der Waals surface area contributed by atoms with Gasteiger partial charge in [-0.3, -0.25) is 14.8 Å². The molecule has 2 rings (SSSR count). The van der Waals surface area contributed by atoms with Gasteiger partial charge in [0.25, 0.3) is 15.7 Å². The van der Waals surface area contributed by atoms with Gasteiger partial charge in [0, 0.05) is 12.1 Å². The van der Waals surface area contributed by atoms with Crippen LogP contribution in [-0.2, 0) is 10.0 Å². The summed E-state index contributed by atoms with van der Waals surface area (Å²) in [5.41, 5.74) is -0.742. The summed E-state index contributed by atoms with van der Waals surface area (Å²) in [5.74, 6) is -5.02. The van der Waals surface area contributed by atoms with Crippen LogP contribution in [0.15, 0.2) is 29.2 Å². The van der Waals surface area contributed by atoms with E-state index in [2.05, 4.69) is 0 Å². The van der Waals surface area contributed by atoms with Crippen LogP contribution in [0.3, 0.4) is 0 Å². The third-order valence-corrected chi connectivity index (χ3v) is 4.88. The molecule has 0 aliphatic rings. The van der Waals surface area contributed by atoms with Crippen molar-refractivity contribution in [3.8, 4) is 0 Å². The van der Waals surface area contributed by atoms with Gasteiger partial charge in [-0.2, -0.15) is 0 Å². The molecule has 2 aromatic rings. The number of nitro groups is 1. The Morgan fingerprint density at radius 1 is 1.08 bits per heavy atom. The number of hydrogen-bond acceptors (Lipinski definition) is 4. The number of hydrogen-bond donors (Lipinski definition) is 1. The molecule has 10 heteroatoms. The zero-order valence-electron chi connectivity index (χ0n) is 12.4. The van der Waals surface area contributed by atoms with Crippen molar-refractivity contribution in [2.24, 2.45) is 0 Å². The molecule has 0 radical (unpaired) electrons. The van der Waals surface area contributed by atoms with Gasteiger partial charge in [-0.25, -0.2) is 21.6 Å². The third kappa shape index (κ3) is 3.18. The number of sulfonamides is 1. The topological polar surface area (TPSA) is 89.3 Å². The van der Waals surface area contributed by atoms with E-state index in [9.17, 15) is 31.7 Å². The van der Waals surface area contributed by atoms with Gasteiger partial charge in [-0.1, -0.05) is 0 Å². The highest BCUT2D eigenvalue weighted by atomic mass is 32.2. The second-order valence-corrected chi connectivity index (χ2v) is 6.62. The van der Waals surface area contributed by atoms with Crippen LogP contribution in [0.2, 0.25) is 0 Å². The highest BCUT2D eigenvalue weighted by Gasteiger charge is 2.24. The average molecular weight is 360 g/mol. The smallest absolute Gasteiger partial charge is 0.271 e. The van der Waals surface area contributed by atoms with Crippen LogP contribution < -0.4 is 4.72 Å². The minimum Gasteiger partial charge on any atom is -0.277 e. The second kappa shape index (κ2) is 6.11. The number of benzene rings is 2. The van der Waals surface area contributed by atoms with E-state index < -0.39 is 48.7 Å². The number of anilines is 1. The molecule has 0 saturated heterocycles. The van der Waals surface area contributed by atoms with Gasteiger partial charge in [0.1, 0.15) is 0 Å². The van der Waals surface area contributed by atoms with Gasteiger partial charge in [-0.05, 0) is 37.1 Å². The number of rotatable bonds is 4. The number of halogens is 3. The first-order valence-electron chi connectivity index (χ1n) is 6.46. The third-order valence-electron chi connectivity index (χ3n) is 3.38. The summed E-state index contributed by atoms with van der Waals surface area (Å²) >= 11 is 0. The molecule has 128 valence electrons. The Bertz CT molecular complexity index is 946. The Kier molecular flexibility index (Phi) is 4.52. The Morgan fingerprint density at radius 2 is 1.71 bits per heavy atom. The van der Waals surface area contributed by atoms with Gasteiger partial charge in [0.2, 0.25) is 0 Å². The maximum absolute atomic E-state index is 13.6. The number of nitro benzene ring substituents is 1. The number of nitrogens with one attached hydrogen (secondary N) is 1. The van der Waals surface area contributed by atoms with Gasteiger partial charge in [0.15, 0.2) is 17.5 Å². The van der Waals surface area contributed by atoms with Crippen LogP contribution in [0.1, 0.15) is 11.1 Å². The standard InChI is InChI=1S/C14H11F3N2O4S/c1-7-5-9(19(20)21)6-12(8(7)2)24(22,23)18-11-4-3-10(15)13(16)14(11)17/h3-6,18H,1-2H3. The molecule has 0 fully saturated rings. The zero-order valence-corrected chi connectivity index (χ0v) is 13.2. The van der Waals surface area contributed by atoms with E-state index in [1.54, 1.807) is 4.72 Å². The second-order valence-electron chi connectivity index (χ2n) is 4.97. The van der Waals surface area contributed by atoms with Crippen molar-refractivity contribution in [2.45, 2.75) is 18.7 Å². The lowest BCUT2D eigenvalue weighted by Crippen LogP contribution is -2.16. The van der Waals surface area contributed by atoms with E-state index >= 15 is 0 Å². The largest absolute Gasteiger partial charge is 0.277 e. The SMILES string of the molecule is Cc1cc([N+](=O)[O-])cc(S(=O)(=O)Nc2ccc(F)c(F)c2F)c1C. The number of non-ortho nitro benzene ring substituents is 1. The molecule has 0 aliphatic carbocycles. The summed E-state index contributed by atoms with van der Waals surface area (Å²) < 4.78 is 66.3. The van der Waals surface area contributed by atoms with Crippen molar-refractivity contribution in [3.05, 3.63) is 63.0 Å². The fourth-order valence-electron chi connectivity index (χ4n) is 2.00. The lowest BCUT2D eigenvalue weighted by molar-refractivity contribution is -0.385. The summed E-state index contributed by atoms with van der Waals surface area (Å²) in [6.07, 6.45) is 0. The minimum absolute atomic E-state index is 0.205. The van der Waals surface area contributed by atoms with E-state index in [1.807, 2.05) is 0 Å². The maximum atomic E-state index is 13.6. The molecular weight excluding hydrogens is 349 g/mol. The van der Waals surface area contributed by atoms with Crippen LogP contribution in [0, 0.1) is 41.4 Å². The van der Waals surface area contributed by atoms with Gasteiger partial charge in [-0.15, -0.1) is 0 Å². The quantitative estimate of drug-likeness (QED) is 0.514.